The molecule has 0 unspecified atom stereocenters. The van der Waals surface area contributed by atoms with Crippen LogP contribution in [0.4, 0.5) is 5.69 Å². The highest BCUT2D eigenvalue weighted by Crippen LogP contribution is 2.39. The van der Waals surface area contributed by atoms with Gasteiger partial charge in [0.05, 0.1) is 5.57 Å². The fraction of sp³-hybridized carbons (Fsp3) is 0. The third kappa shape index (κ3) is 3.32. The molecule has 4 rings (SSSR count). The monoisotopic (exact) mass is 399 g/mol. The molecule has 7 nitrogen and oxygen atoms in total. The molecule has 27 heavy (non-hydrogen) atoms. The molecule has 1 amide bonds. The van der Waals surface area contributed by atoms with Gasteiger partial charge in [-0.2, -0.15) is 0 Å². The first-order chi connectivity index (χ1) is 13.0. The van der Waals surface area contributed by atoms with Gasteiger partial charge in [-0.1, -0.05) is 29.8 Å². The minimum absolute atomic E-state index is 0.0158. The van der Waals surface area contributed by atoms with E-state index in [1.165, 1.54) is 0 Å². The molecule has 0 atom stereocenters. The van der Waals surface area contributed by atoms with Gasteiger partial charge in [0.1, 0.15) is 4.91 Å². The maximum absolute atomic E-state index is 12.3. The van der Waals surface area contributed by atoms with Crippen LogP contribution in [0.1, 0.15) is 5.56 Å². The summed E-state index contributed by atoms with van der Waals surface area (Å²) in [7, 11) is 0. The molecule has 0 aliphatic carbocycles. The van der Waals surface area contributed by atoms with Crippen LogP contribution in [0.2, 0.25) is 5.02 Å². The number of aliphatic carboxylic acids is 1. The molecule has 9 heteroatoms. The van der Waals surface area contributed by atoms with Crippen molar-refractivity contribution in [2.45, 2.75) is 5.22 Å². The standard InChI is InChI=1S/C18H10ClN3O4S/c19-10-7-5-9(6-8-10)16-21-22-18(26-16)27-14(17(24)25)13-11-3-1-2-4-12(11)20-15(13)23/h1-8H,(H,20,23)(H,24,25)/b14-13+. The van der Waals surface area contributed by atoms with Crippen molar-refractivity contribution in [3.05, 3.63) is 64.0 Å². The Morgan fingerprint density at radius 2 is 1.85 bits per heavy atom. The Morgan fingerprint density at radius 3 is 2.59 bits per heavy atom. The number of nitrogens with zero attached hydrogens (tertiary/aromatic N) is 2. The molecular formula is C18H10ClN3O4S. The Bertz CT molecular complexity index is 1090. The van der Waals surface area contributed by atoms with Crippen molar-refractivity contribution in [3.8, 4) is 11.5 Å². The summed E-state index contributed by atoms with van der Waals surface area (Å²) in [5.74, 6) is -1.52. The van der Waals surface area contributed by atoms with Crippen LogP contribution in [0.15, 0.2) is 63.1 Å². The van der Waals surface area contributed by atoms with E-state index in [1.807, 2.05) is 0 Å². The van der Waals surface area contributed by atoms with Gasteiger partial charge in [0.2, 0.25) is 5.89 Å². The number of aromatic nitrogens is 2. The van der Waals surface area contributed by atoms with Crippen LogP contribution >= 0.6 is 23.4 Å². The van der Waals surface area contributed by atoms with E-state index in [4.69, 9.17) is 16.0 Å². The molecule has 0 fully saturated rings. The van der Waals surface area contributed by atoms with Crippen LogP contribution in [0, 0.1) is 0 Å². The van der Waals surface area contributed by atoms with Crippen LogP contribution in [-0.2, 0) is 9.59 Å². The molecule has 1 aromatic heterocycles. The molecule has 3 aromatic rings. The molecule has 2 heterocycles. The van der Waals surface area contributed by atoms with Crippen molar-refractivity contribution in [2.24, 2.45) is 0 Å². The lowest BCUT2D eigenvalue weighted by atomic mass is 10.1. The fourth-order valence-electron chi connectivity index (χ4n) is 2.59. The average Bonchev–Trinajstić information content (AvgIpc) is 3.24. The minimum Gasteiger partial charge on any atom is -0.477 e. The van der Waals surface area contributed by atoms with Crippen LogP contribution < -0.4 is 5.32 Å². The predicted octanol–water partition coefficient (Wildman–Crippen LogP) is 3.93. The molecule has 0 saturated carbocycles. The lowest BCUT2D eigenvalue weighted by molar-refractivity contribution is -0.132. The molecule has 1 aliphatic rings. The number of rotatable bonds is 4. The summed E-state index contributed by atoms with van der Waals surface area (Å²) in [6.45, 7) is 0. The van der Waals surface area contributed by atoms with E-state index in [1.54, 1.807) is 48.5 Å². The zero-order chi connectivity index (χ0) is 19.0. The van der Waals surface area contributed by atoms with E-state index in [2.05, 4.69) is 15.5 Å². The zero-order valence-corrected chi connectivity index (χ0v) is 15.0. The fourth-order valence-corrected chi connectivity index (χ4v) is 3.49. The number of hydrogen-bond donors (Lipinski definition) is 2. The van der Waals surface area contributed by atoms with Crippen LogP contribution in [-0.4, -0.2) is 27.2 Å². The van der Waals surface area contributed by atoms with E-state index in [-0.39, 0.29) is 21.6 Å². The molecule has 2 N–H and O–H groups in total. The number of anilines is 1. The van der Waals surface area contributed by atoms with Gasteiger partial charge in [-0.3, -0.25) is 4.79 Å². The third-order valence-corrected chi connectivity index (χ3v) is 4.95. The molecule has 0 bridgehead atoms. The van der Waals surface area contributed by atoms with Crippen molar-refractivity contribution in [1.29, 1.82) is 0 Å². The average molecular weight is 400 g/mol. The number of thioether (sulfide) groups is 1. The van der Waals surface area contributed by atoms with Gasteiger partial charge in [0, 0.05) is 21.8 Å². The Kier molecular flexibility index (Phi) is 4.43. The molecule has 0 spiro atoms. The van der Waals surface area contributed by atoms with Crippen LogP contribution in [0.3, 0.4) is 0 Å². The van der Waals surface area contributed by atoms with Gasteiger partial charge in [-0.25, -0.2) is 4.79 Å². The van der Waals surface area contributed by atoms with Crippen LogP contribution in [0.5, 0.6) is 0 Å². The van der Waals surface area contributed by atoms with Crippen molar-refractivity contribution >= 4 is 46.5 Å². The second-order valence-electron chi connectivity index (χ2n) is 5.49. The van der Waals surface area contributed by atoms with Gasteiger partial charge in [-0.15, -0.1) is 10.2 Å². The quantitative estimate of drug-likeness (QED) is 0.505. The number of hydrogen-bond acceptors (Lipinski definition) is 6. The van der Waals surface area contributed by atoms with Gasteiger partial charge in [-0.05, 0) is 42.1 Å². The number of nitrogens with one attached hydrogen (secondary N) is 1. The van der Waals surface area contributed by atoms with E-state index < -0.39 is 11.9 Å². The van der Waals surface area contributed by atoms with E-state index in [9.17, 15) is 14.7 Å². The SMILES string of the molecule is O=C(O)/C(Sc1nnc(-c2ccc(Cl)cc2)o1)=C1\C(=O)Nc2ccccc21. The van der Waals surface area contributed by atoms with Crippen molar-refractivity contribution in [3.63, 3.8) is 0 Å². The smallest absolute Gasteiger partial charge is 0.343 e. The number of carboxylic acid groups (broad SMARTS) is 1. The largest absolute Gasteiger partial charge is 0.477 e. The number of benzene rings is 2. The number of carboxylic acids is 1. The maximum Gasteiger partial charge on any atom is 0.343 e. The number of amides is 1. The molecule has 1 aliphatic heterocycles. The third-order valence-electron chi connectivity index (χ3n) is 3.78. The van der Waals surface area contributed by atoms with Crippen molar-refractivity contribution in [2.75, 3.05) is 5.32 Å². The van der Waals surface area contributed by atoms with E-state index in [0.717, 1.165) is 11.8 Å². The summed E-state index contributed by atoms with van der Waals surface area (Å²) in [6, 6.07) is 13.6. The summed E-state index contributed by atoms with van der Waals surface area (Å²) in [6.07, 6.45) is 0. The highest BCUT2D eigenvalue weighted by atomic mass is 35.5. The first-order valence-corrected chi connectivity index (χ1v) is 8.88. The van der Waals surface area contributed by atoms with Gasteiger partial charge < -0.3 is 14.8 Å². The first-order valence-electron chi connectivity index (χ1n) is 7.68. The summed E-state index contributed by atoms with van der Waals surface area (Å²) < 4.78 is 5.54. The topological polar surface area (TPSA) is 105 Å². The summed E-state index contributed by atoms with van der Waals surface area (Å²) >= 11 is 6.59. The molecular weight excluding hydrogens is 390 g/mol. The van der Waals surface area contributed by atoms with Crippen LogP contribution in [0.25, 0.3) is 17.0 Å². The Labute approximate surface area is 162 Å². The van der Waals surface area contributed by atoms with E-state index in [0.29, 0.717) is 21.8 Å². The van der Waals surface area contributed by atoms with E-state index >= 15 is 0 Å². The lowest BCUT2D eigenvalue weighted by Crippen LogP contribution is -2.09. The molecule has 134 valence electrons. The second-order valence-corrected chi connectivity index (χ2v) is 6.89. The Morgan fingerprint density at radius 1 is 1.11 bits per heavy atom. The molecule has 0 saturated heterocycles. The maximum atomic E-state index is 12.3. The summed E-state index contributed by atoms with van der Waals surface area (Å²) in [4.78, 5) is 23.9. The van der Waals surface area contributed by atoms with Gasteiger partial charge in [0.25, 0.3) is 11.1 Å². The predicted molar refractivity (Wildman–Crippen MR) is 100 cm³/mol. The zero-order valence-electron chi connectivity index (χ0n) is 13.5. The van der Waals surface area contributed by atoms with Gasteiger partial charge >= 0.3 is 5.97 Å². The number of halogens is 1. The Hall–Kier alpha value is -3.10. The summed E-state index contributed by atoms with van der Waals surface area (Å²) in [5.41, 5.74) is 1.79. The summed E-state index contributed by atoms with van der Waals surface area (Å²) in [5, 5.41) is 20.7. The lowest BCUT2D eigenvalue weighted by Gasteiger charge is -2.03. The molecule has 2 aromatic carbocycles. The highest BCUT2D eigenvalue weighted by molar-refractivity contribution is 8.04. The van der Waals surface area contributed by atoms with Crippen molar-refractivity contribution < 1.29 is 19.1 Å². The normalized spacial score (nSPS) is 14.6. The number of para-hydroxylation sites is 1. The Balaban J connectivity index is 1.71. The van der Waals surface area contributed by atoms with Gasteiger partial charge in [0.15, 0.2) is 0 Å². The number of carbonyl (C=O) groups is 2. The number of carbonyl (C=O) groups excluding carboxylic acids is 1. The number of fused-ring (bicyclic) bond motifs is 1. The van der Waals surface area contributed by atoms with Crippen molar-refractivity contribution in [1.82, 2.24) is 10.2 Å². The first kappa shape index (κ1) is 17.3. The molecule has 0 radical (unpaired) electrons. The second kappa shape index (κ2) is 6.90. The minimum atomic E-state index is -1.26. The highest BCUT2D eigenvalue weighted by Gasteiger charge is 2.31.